The quantitative estimate of drug-likeness (QED) is 0.0788. The summed E-state index contributed by atoms with van der Waals surface area (Å²) in [5, 5.41) is 6.59. The summed E-state index contributed by atoms with van der Waals surface area (Å²) in [6.45, 7) is 7.03. The Morgan fingerprint density at radius 1 is 0.315 bits per heavy atom. The predicted octanol–water partition coefficient (Wildman–Crippen LogP) is 21.2. The fourth-order valence-electron chi connectivity index (χ4n) is 14.0. The van der Waals surface area contributed by atoms with Crippen LogP contribution in [0.15, 0.2) is 273 Å². The molecule has 92 heavy (non-hydrogen) atoms. The van der Waals surface area contributed by atoms with E-state index in [1.807, 2.05) is 72.8 Å². The lowest BCUT2D eigenvalue weighted by Gasteiger charge is -2.37. The number of nitrogens with zero attached hydrogens (tertiary/aromatic N) is 3. The van der Waals surface area contributed by atoms with E-state index in [-0.39, 0.29) is 0 Å². The maximum absolute atomic E-state index is 5.80. The molecule has 0 radical (unpaired) electrons. The van der Waals surface area contributed by atoms with Crippen molar-refractivity contribution in [3.8, 4) is 45.6 Å². The molecule has 0 aromatic heterocycles. The van der Waals surface area contributed by atoms with Gasteiger partial charge in [0.1, 0.15) is 34.5 Å². The van der Waals surface area contributed by atoms with Crippen molar-refractivity contribution in [1.29, 1.82) is 0 Å². The first-order valence-electron chi connectivity index (χ1n) is 30.8. The molecule has 0 amide bonds. The Hall–Kier alpha value is -11.4. The topological polar surface area (TPSA) is 65.1 Å². The van der Waals surface area contributed by atoms with Crippen LogP contribution in [0, 0.1) is 0 Å². The Balaban J connectivity index is 1.15. The van der Waals surface area contributed by atoms with Gasteiger partial charge < -0.3 is 43.1 Å². The van der Waals surface area contributed by atoms with Gasteiger partial charge in [-0.1, -0.05) is 115 Å². The van der Waals surface area contributed by atoms with Crippen molar-refractivity contribution in [3.63, 3.8) is 0 Å². The minimum absolute atomic E-state index is 0.502. The number of rotatable bonds is 19. The molecule has 1 aliphatic rings. The van der Waals surface area contributed by atoms with Crippen molar-refractivity contribution in [1.82, 2.24) is 0 Å². The molecule has 0 saturated heterocycles. The smallest absolute Gasteiger partial charge is 0.119 e. The molecule has 0 spiro atoms. The Labute approximate surface area is 537 Å². The molecule has 0 heterocycles. The average Bonchev–Trinajstić information content (AvgIpc) is 1.51. The fourth-order valence-corrected chi connectivity index (χ4v) is 14.0. The van der Waals surface area contributed by atoms with Crippen LogP contribution in [0.1, 0.15) is 34.7 Å². The van der Waals surface area contributed by atoms with E-state index in [4.69, 9.17) is 35.0 Å². The number of fused-ring (bicyclic) bond motifs is 8. The van der Waals surface area contributed by atoms with E-state index in [0.717, 1.165) is 151 Å². The molecule has 9 nitrogen and oxygen atoms in total. The normalized spacial score (nSPS) is 12.0. The molecule has 452 valence electrons. The molecule has 0 atom stereocenters. The molecule has 0 aliphatic heterocycles. The largest absolute Gasteiger partial charge is 0.497 e. The molecular weight excluding hydrogens is 1130 g/mol. The lowest BCUT2D eigenvalue weighted by Crippen LogP contribution is -2.31. The molecule has 0 fully saturated rings. The van der Waals surface area contributed by atoms with Crippen molar-refractivity contribution in [2.24, 2.45) is 0 Å². The van der Waals surface area contributed by atoms with E-state index < -0.39 is 5.41 Å². The highest BCUT2D eigenvalue weighted by Gasteiger charge is 2.48. The highest BCUT2D eigenvalue weighted by molar-refractivity contribution is 6.18. The number of anilines is 9. The van der Waals surface area contributed by atoms with Gasteiger partial charge in [0, 0.05) is 50.3 Å². The van der Waals surface area contributed by atoms with E-state index in [1.54, 1.807) is 42.7 Å². The number of hydrogen-bond acceptors (Lipinski definition) is 9. The zero-order valence-corrected chi connectivity index (χ0v) is 52.6. The van der Waals surface area contributed by atoms with Gasteiger partial charge in [0.05, 0.1) is 65.1 Å². The van der Waals surface area contributed by atoms with Crippen LogP contribution in [-0.4, -0.2) is 42.7 Å². The van der Waals surface area contributed by atoms with Gasteiger partial charge in [-0.15, -0.1) is 0 Å². The maximum Gasteiger partial charge on any atom is 0.119 e. The molecule has 0 unspecified atom stereocenters. The number of benzene rings is 13. The molecule has 13 aromatic rings. The third-order valence-corrected chi connectivity index (χ3v) is 18.2. The summed E-state index contributed by atoms with van der Waals surface area (Å²) < 4.78 is 34.8. The van der Waals surface area contributed by atoms with Crippen LogP contribution in [0.5, 0.6) is 34.5 Å². The van der Waals surface area contributed by atoms with Gasteiger partial charge in [-0.3, -0.25) is 0 Å². The number of methoxy groups -OCH3 is 6. The minimum Gasteiger partial charge on any atom is -0.497 e. The highest BCUT2D eigenvalue weighted by Crippen LogP contribution is 2.62. The van der Waals surface area contributed by atoms with Gasteiger partial charge in [0.25, 0.3) is 0 Å². The van der Waals surface area contributed by atoms with Crippen LogP contribution in [0.4, 0.5) is 51.2 Å². The van der Waals surface area contributed by atoms with Crippen molar-refractivity contribution in [3.05, 3.63) is 301 Å². The summed E-state index contributed by atoms with van der Waals surface area (Å²) >= 11 is 0. The fraction of sp³-hybridized carbons (Fsp3) is 0.108. The van der Waals surface area contributed by atoms with E-state index in [0.29, 0.717) is 6.42 Å². The van der Waals surface area contributed by atoms with E-state index in [9.17, 15) is 0 Å². The van der Waals surface area contributed by atoms with Gasteiger partial charge >= 0.3 is 0 Å². The van der Waals surface area contributed by atoms with Crippen LogP contribution in [0.25, 0.3) is 49.0 Å². The summed E-state index contributed by atoms with van der Waals surface area (Å²) in [5.41, 5.74) is 16.8. The Kier molecular flexibility index (Phi) is 15.5. The average molecular weight is 1200 g/mol. The van der Waals surface area contributed by atoms with E-state index >= 15 is 0 Å². The van der Waals surface area contributed by atoms with E-state index in [1.165, 1.54) is 11.1 Å². The third-order valence-electron chi connectivity index (χ3n) is 18.2. The SMILES string of the molecule is C=C(C)c1c(CC2(c3ccccc3)c3cc(N(c4ccc(OC)cc4)c4ccc(OC)cc4)c4ccccc4c3-c3c2cc(N(c2ccc(OC)cc2)c2ccc(OC)cc2)c2ccccc32)cc(N(c2ccc(OC)cc2)c2ccc(OC)cc2)c2ccccc12. The van der Waals surface area contributed by atoms with Gasteiger partial charge in [0.2, 0.25) is 0 Å². The maximum atomic E-state index is 5.80. The van der Waals surface area contributed by atoms with Gasteiger partial charge in [0.15, 0.2) is 0 Å². The zero-order chi connectivity index (χ0) is 63.0. The highest BCUT2D eigenvalue weighted by atomic mass is 16.5. The first-order chi connectivity index (χ1) is 45.2. The summed E-state index contributed by atoms with van der Waals surface area (Å²) in [4.78, 5) is 7.13. The molecule has 13 aromatic carbocycles. The second kappa shape index (κ2) is 24.5. The van der Waals surface area contributed by atoms with Crippen molar-refractivity contribution < 1.29 is 28.4 Å². The van der Waals surface area contributed by atoms with Gasteiger partial charge in [-0.2, -0.15) is 0 Å². The van der Waals surface area contributed by atoms with Crippen LogP contribution in [0.3, 0.4) is 0 Å². The third kappa shape index (κ3) is 10.1. The first-order valence-corrected chi connectivity index (χ1v) is 30.8. The Morgan fingerprint density at radius 3 is 0.870 bits per heavy atom. The molecule has 0 saturated carbocycles. The van der Waals surface area contributed by atoms with Gasteiger partial charge in [-0.25, -0.2) is 0 Å². The number of hydrogen-bond donors (Lipinski definition) is 0. The molecule has 1 aliphatic carbocycles. The monoisotopic (exact) mass is 1200 g/mol. The summed E-state index contributed by atoms with van der Waals surface area (Å²) in [6.07, 6.45) is 0.502. The zero-order valence-electron chi connectivity index (χ0n) is 52.6. The lowest BCUT2D eigenvalue weighted by atomic mass is 9.67. The standard InChI is InChI=1S/C83H69N3O6/c1-54(2)80-55(50-77(69-20-12-15-23-72(69)80)84(57-26-38-63(87-3)39-27-57)58-28-40-64(88-4)41-29-58)53-83(56-18-10-9-11-19-56)75-51-78(85(59-30-42-65(89-5)43-31-59)60-32-44-66(90-6)45-33-60)70-21-13-16-24-73(70)81(75)82-74-25-17-14-22-71(74)79(52-76(82)83)86(61-34-46-67(91-7)47-35-61)62-36-48-68(92-8)49-37-62/h9-52H,1,53H2,2-8H3. The summed E-state index contributed by atoms with van der Waals surface area (Å²) in [6, 6.07) is 95.4. The Morgan fingerprint density at radius 2 is 0.576 bits per heavy atom. The van der Waals surface area contributed by atoms with E-state index in [2.05, 4.69) is 216 Å². The first kappa shape index (κ1) is 58.3. The van der Waals surface area contributed by atoms with Crippen LogP contribution in [0.2, 0.25) is 0 Å². The summed E-state index contributed by atoms with van der Waals surface area (Å²) in [7, 11) is 10.2. The molecule has 14 rings (SSSR count). The number of allylic oxidation sites excluding steroid dienone is 1. The molecular formula is C83H69N3O6. The second-order valence-electron chi connectivity index (χ2n) is 23.1. The van der Waals surface area contributed by atoms with Crippen LogP contribution < -0.4 is 43.1 Å². The predicted molar refractivity (Wildman–Crippen MR) is 379 cm³/mol. The van der Waals surface area contributed by atoms with Crippen molar-refractivity contribution in [2.45, 2.75) is 18.8 Å². The van der Waals surface area contributed by atoms with Gasteiger partial charge in [-0.05, 0) is 232 Å². The summed E-state index contributed by atoms with van der Waals surface area (Å²) in [5.74, 6) is 4.60. The van der Waals surface area contributed by atoms with Crippen molar-refractivity contribution >= 4 is 89.1 Å². The molecule has 0 N–H and O–H groups in total. The van der Waals surface area contributed by atoms with Crippen LogP contribution >= 0.6 is 0 Å². The molecule has 9 heteroatoms. The van der Waals surface area contributed by atoms with Crippen molar-refractivity contribution in [2.75, 3.05) is 57.4 Å². The van der Waals surface area contributed by atoms with Crippen LogP contribution in [-0.2, 0) is 11.8 Å². The second-order valence-corrected chi connectivity index (χ2v) is 23.1. The molecule has 0 bridgehead atoms. The minimum atomic E-state index is -0.935. The lowest BCUT2D eigenvalue weighted by molar-refractivity contribution is 0.414. The Bertz CT molecular complexity index is 4530. The number of ether oxygens (including phenoxy) is 6.